The Morgan fingerprint density at radius 3 is 1.71 bits per heavy atom. The van der Waals surface area contributed by atoms with Crippen LogP contribution in [0.3, 0.4) is 0 Å². The number of allylic oxidation sites excluding steroid dienone is 4. The Balaban J connectivity index is 2.57. The predicted octanol–water partition coefficient (Wildman–Crippen LogP) is 8.67. The van der Waals surface area contributed by atoms with Crippen molar-refractivity contribution in [2.24, 2.45) is 17.8 Å². The maximum absolute atomic E-state index is 12.9. The van der Waals surface area contributed by atoms with Crippen LogP contribution >= 0.6 is 0 Å². The van der Waals surface area contributed by atoms with E-state index in [2.05, 4.69) is 53.7 Å². The third-order valence-electron chi connectivity index (χ3n) is 6.00. The van der Waals surface area contributed by atoms with E-state index >= 15 is 0 Å². The highest BCUT2D eigenvalue weighted by atomic mass is 16.5. The number of carbonyl (C=O) groups excluding carboxylic acids is 1. The lowest BCUT2D eigenvalue weighted by atomic mass is 9.88. The van der Waals surface area contributed by atoms with Crippen molar-refractivity contribution in [2.45, 2.75) is 99.5 Å². The first-order valence-electron chi connectivity index (χ1n) is 12.2. The summed E-state index contributed by atoms with van der Waals surface area (Å²) in [5.74, 6) is 1.27. The summed E-state index contributed by atoms with van der Waals surface area (Å²) in [7, 11) is 0. The molecule has 0 amide bonds. The van der Waals surface area contributed by atoms with Crippen LogP contribution in [0.2, 0.25) is 0 Å². The van der Waals surface area contributed by atoms with Crippen molar-refractivity contribution in [3.05, 3.63) is 59.2 Å². The van der Waals surface area contributed by atoms with Crippen molar-refractivity contribution < 1.29 is 9.53 Å². The van der Waals surface area contributed by atoms with E-state index in [0.29, 0.717) is 18.4 Å². The first-order valence-corrected chi connectivity index (χ1v) is 12.2. The molecule has 174 valence electrons. The average Bonchev–Trinajstić information content (AvgIpc) is 2.72. The van der Waals surface area contributed by atoms with Gasteiger partial charge in [-0.05, 0) is 96.5 Å². The minimum absolute atomic E-state index is 0.0144. The van der Waals surface area contributed by atoms with Gasteiger partial charge in [0.1, 0.15) is 6.61 Å². The Bertz CT molecular complexity index is 631. The highest BCUT2D eigenvalue weighted by molar-refractivity contribution is 5.72. The number of ether oxygens (including phenoxy) is 1. The van der Waals surface area contributed by atoms with Crippen molar-refractivity contribution in [1.82, 2.24) is 0 Å². The second-order valence-corrected chi connectivity index (χ2v) is 9.87. The predicted molar refractivity (Wildman–Crippen MR) is 134 cm³/mol. The summed E-state index contributed by atoms with van der Waals surface area (Å²) in [6.45, 7) is 13.6. The number of esters is 1. The molecule has 0 spiro atoms. The molecule has 0 saturated heterocycles. The third-order valence-corrected chi connectivity index (χ3v) is 6.00. The van der Waals surface area contributed by atoms with E-state index in [0.717, 1.165) is 44.1 Å². The van der Waals surface area contributed by atoms with E-state index < -0.39 is 0 Å². The lowest BCUT2D eigenvalue weighted by Gasteiger charge is -2.20. The molecule has 1 aromatic carbocycles. The van der Waals surface area contributed by atoms with Gasteiger partial charge in [0.15, 0.2) is 0 Å². The van der Waals surface area contributed by atoms with Crippen LogP contribution in [-0.4, -0.2) is 5.97 Å². The first kappa shape index (κ1) is 27.2. The number of hydrogen-bond donors (Lipinski definition) is 0. The monoisotopic (exact) mass is 426 g/mol. The van der Waals surface area contributed by atoms with E-state index in [1.807, 2.05) is 30.3 Å². The van der Waals surface area contributed by atoms with Crippen LogP contribution in [0.5, 0.6) is 0 Å². The lowest BCUT2D eigenvalue weighted by molar-refractivity contribution is -0.150. The van der Waals surface area contributed by atoms with Crippen molar-refractivity contribution in [2.75, 3.05) is 0 Å². The van der Waals surface area contributed by atoms with E-state index in [1.54, 1.807) is 0 Å². The zero-order valence-electron chi connectivity index (χ0n) is 21.0. The summed E-state index contributed by atoms with van der Waals surface area (Å²) in [6, 6.07) is 9.99. The molecule has 1 rings (SSSR count). The second-order valence-electron chi connectivity index (χ2n) is 9.87. The fraction of sp³-hybridized carbons (Fsp3) is 0.621. The second kappa shape index (κ2) is 15.9. The number of hydrogen-bond acceptors (Lipinski definition) is 2. The lowest BCUT2D eigenvalue weighted by Crippen LogP contribution is -2.19. The molecule has 0 N–H and O–H groups in total. The fourth-order valence-corrected chi connectivity index (χ4v) is 3.80. The van der Waals surface area contributed by atoms with Gasteiger partial charge in [0, 0.05) is 0 Å². The Hall–Kier alpha value is -1.83. The summed E-state index contributed by atoms with van der Waals surface area (Å²) in [5.41, 5.74) is 3.83. The molecule has 2 unspecified atom stereocenters. The number of rotatable bonds is 15. The SMILES string of the molecule is CC(C)=CCCC(C)CCC(CCC(C)CCC=C(C)C)C(=O)OCc1ccccc1. The molecule has 2 atom stereocenters. The molecule has 31 heavy (non-hydrogen) atoms. The molecule has 2 heteroatoms. The molecule has 1 aromatic rings. The van der Waals surface area contributed by atoms with E-state index in [9.17, 15) is 4.79 Å². The minimum atomic E-state index is -0.0168. The van der Waals surface area contributed by atoms with Crippen LogP contribution in [0.25, 0.3) is 0 Å². The molecule has 0 radical (unpaired) electrons. The Morgan fingerprint density at radius 2 is 1.26 bits per heavy atom. The smallest absolute Gasteiger partial charge is 0.309 e. The van der Waals surface area contributed by atoms with Crippen LogP contribution < -0.4 is 0 Å². The molecule has 0 heterocycles. The zero-order chi connectivity index (χ0) is 23.1. The Morgan fingerprint density at radius 1 is 0.774 bits per heavy atom. The van der Waals surface area contributed by atoms with Gasteiger partial charge >= 0.3 is 5.97 Å². The van der Waals surface area contributed by atoms with Crippen molar-refractivity contribution in [3.63, 3.8) is 0 Å². The topological polar surface area (TPSA) is 26.3 Å². The van der Waals surface area contributed by atoms with Gasteiger partial charge in [0.05, 0.1) is 5.92 Å². The summed E-state index contributed by atoms with van der Waals surface area (Å²) in [4.78, 5) is 12.9. The maximum atomic E-state index is 12.9. The largest absolute Gasteiger partial charge is 0.461 e. The average molecular weight is 427 g/mol. The molecule has 0 aliphatic carbocycles. The normalized spacial score (nSPS) is 13.7. The first-order chi connectivity index (χ1) is 14.8. The fourth-order valence-electron chi connectivity index (χ4n) is 3.80. The standard InChI is InChI=1S/C29H46O2/c1-23(2)12-10-14-25(5)18-20-28(21-19-26(6)15-11-13-24(3)4)29(30)31-22-27-16-8-7-9-17-27/h7-9,12-13,16-17,25-26,28H,10-11,14-15,18-22H2,1-6H3. The number of carbonyl (C=O) groups is 1. The van der Waals surface area contributed by atoms with Crippen molar-refractivity contribution in [1.29, 1.82) is 0 Å². The Labute approximate surface area is 192 Å². The van der Waals surface area contributed by atoms with Crippen LogP contribution in [0, 0.1) is 17.8 Å². The molecular weight excluding hydrogens is 380 g/mol. The highest BCUT2D eigenvalue weighted by Crippen LogP contribution is 2.25. The summed E-state index contributed by atoms with van der Waals surface area (Å²) < 4.78 is 5.72. The molecule has 0 fully saturated rings. The van der Waals surface area contributed by atoms with Gasteiger partial charge in [0.2, 0.25) is 0 Å². The van der Waals surface area contributed by atoms with Crippen LogP contribution in [0.1, 0.15) is 98.5 Å². The minimum Gasteiger partial charge on any atom is -0.461 e. The van der Waals surface area contributed by atoms with Gasteiger partial charge in [-0.25, -0.2) is 0 Å². The molecular formula is C29H46O2. The molecule has 2 nitrogen and oxygen atoms in total. The summed E-state index contributed by atoms with van der Waals surface area (Å²) >= 11 is 0. The third kappa shape index (κ3) is 14.0. The molecule has 0 saturated carbocycles. The maximum Gasteiger partial charge on any atom is 0.309 e. The van der Waals surface area contributed by atoms with Crippen molar-refractivity contribution in [3.8, 4) is 0 Å². The van der Waals surface area contributed by atoms with Gasteiger partial charge in [-0.3, -0.25) is 4.79 Å². The number of benzene rings is 1. The summed E-state index contributed by atoms with van der Waals surface area (Å²) in [5, 5.41) is 0. The van der Waals surface area contributed by atoms with Crippen LogP contribution in [0.15, 0.2) is 53.6 Å². The van der Waals surface area contributed by atoms with Gasteiger partial charge in [0.25, 0.3) is 0 Å². The Kier molecular flexibility index (Phi) is 13.9. The molecule has 0 aliphatic heterocycles. The van der Waals surface area contributed by atoms with Crippen LogP contribution in [-0.2, 0) is 16.1 Å². The molecule has 0 aromatic heterocycles. The molecule has 0 bridgehead atoms. The van der Waals surface area contributed by atoms with Crippen molar-refractivity contribution >= 4 is 5.97 Å². The van der Waals surface area contributed by atoms with Gasteiger partial charge in [-0.1, -0.05) is 67.5 Å². The van der Waals surface area contributed by atoms with E-state index in [-0.39, 0.29) is 11.9 Å². The van der Waals surface area contributed by atoms with E-state index in [1.165, 1.54) is 24.0 Å². The summed E-state index contributed by atoms with van der Waals surface area (Å²) in [6.07, 6.45) is 13.3. The zero-order valence-corrected chi connectivity index (χ0v) is 21.0. The highest BCUT2D eigenvalue weighted by Gasteiger charge is 2.22. The van der Waals surface area contributed by atoms with Crippen LogP contribution in [0.4, 0.5) is 0 Å². The van der Waals surface area contributed by atoms with Gasteiger partial charge in [-0.15, -0.1) is 0 Å². The molecule has 0 aliphatic rings. The van der Waals surface area contributed by atoms with Gasteiger partial charge < -0.3 is 4.74 Å². The van der Waals surface area contributed by atoms with Gasteiger partial charge in [-0.2, -0.15) is 0 Å². The quantitative estimate of drug-likeness (QED) is 0.207. The van der Waals surface area contributed by atoms with E-state index in [4.69, 9.17) is 4.74 Å².